The van der Waals surface area contributed by atoms with E-state index in [0.29, 0.717) is 57.3 Å². The van der Waals surface area contributed by atoms with Crippen molar-refractivity contribution >= 4 is 55.7 Å². The van der Waals surface area contributed by atoms with Gasteiger partial charge in [-0.25, -0.2) is 4.98 Å². The van der Waals surface area contributed by atoms with Gasteiger partial charge in [0, 0.05) is 10.6 Å². The van der Waals surface area contributed by atoms with Crippen molar-refractivity contribution < 1.29 is 28.9 Å². The van der Waals surface area contributed by atoms with Crippen LogP contribution in [0, 0.1) is 0 Å². The first-order valence-electron chi connectivity index (χ1n) is 12.8. The molecule has 1 atom stereocenters. The van der Waals surface area contributed by atoms with E-state index in [2.05, 4.69) is 4.98 Å². The van der Waals surface area contributed by atoms with Gasteiger partial charge in [0.1, 0.15) is 11.5 Å². The van der Waals surface area contributed by atoms with Crippen molar-refractivity contribution in [1.29, 1.82) is 0 Å². The number of thiazole rings is 1. The van der Waals surface area contributed by atoms with E-state index in [1.165, 1.54) is 23.3 Å². The van der Waals surface area contributed by atoms with Crippen LogP contribution in [0.15, 0.2) is 66.2 Å². The molecule has 1 amide bonds. The minimum absolute atomic E-state index is 0.0582. The molecule has 1 aromatic heterocycles. The average Bonchev–Trinajstić information content (AvgIpc) is 3.49. The van der Waals surface area contributed by atoms with Gasteiger partial charge in [-0.3, -0.25) is 14.5 Å². The first kappa shape index (κ1) is 27.5. The number of carbonyl (C=O) groups excluding carboxylic acids is 2. The Labute approximate surface area is 240 Å². The largest absolute Gasteiger partial charge is 0.507 e. The molecule has 0 bridgehead atoms. The molecule has 0 saturated carbocycles. The molecule has 206 valence electrons. The minimum atomic E-state index is -0.974. The molecule has 8 nitrogen and oxygen atoms in total. The highest BCUT2D eigenvalue weighted by atomic mass is 35.5. The first-order chi connectivity index (χ1) is 19.4. The van der Waals surface area contributed by atoms with Crippen LogP contribution in [0.2, 0.25) is 5.02 Å². The van der Waals surface area contributed by atoms with Crippen LogP contribution >= 0.6 is 22.9 Å². The number of carbonyl (C=O) groups is 2. The fourth-order valence-electron chi connectivity index (χ4n) is 4.53. The van der Waals surface area contributed by atoms with E-state index in [1.54, 1.807) is 60.7 Å². The highest BCUT2D eigenvalue weighted by Crippen LogP contribution is 2.46. The third-order valence-electron chi connectivity index (χ3n) is 6.40. The number of aromatic nitrogens is 1. The Kier molecular flexibility index (Phi) is 7.95. The Morgan fingerprint density at radius 3 is 2.50 bits per heavy atom. The van der Waals surface area contributed by atoms with Gasteiger partial charge in [0.05, 0.1) is 42.2 Å². The summed E-state index contributed by atoms with van der Waals surface area (Å²) in [5, 5.41) is 12.3. The van der Waals surface area contributed by atoms with Gasteiger partial charge in [0.2, 0.25) is 0 Å². The number of fused-ring (bicyclic) bond motifs is 1. The number of ketones is 1. The maximum Gasteiger partial charge on any atom is 0.301 e. The van der Waals surface area contributed by atoms with Crippen molar-refractivity contribution in [3.8, 4) is 17.2 Å². The van der Waals surface area contributed by atoms with Crippen LogP contribution in [0.25, 0.3) is 16.0 Å². The third kappa shape index (κ3) is 5.10. The van der Waals surface area contributed by atoms with E-state index in [1.807, 2.05) is 13.8 Å². The maximum atomic E-state index is 13.6. The standard InChI is InChI=1S/C30H27ClN2O6S/c1-4-14-39-22-13-8-18(15-23(22)38-5-2)26-25(27(34)17-6-10-20(37-3)11-7-17)28(35)29(36)33(26)30-32-21-12-9-19(31)16-24(21)40-30/h6-13,15-16,26,34H,4-5,14H2,1-3H3. The minimum Gasteiger partial charge on any atom is -0.507 e. The van der Waals surface area contributed by atoms with Crippen LogP contribution in [0.5, 0.6) is 17.2 Å². The molecule has 10 heteroatoms. The SMILES string of the molecule is CCCOc1ccc(C2C(=C(O)c3ccc(OC)cc3)C(=O)C(=O)N2c2nc3ccc(Cl)cc3s2)cc1OCC. The Morgan fingerprint density at radius 2 is 1.80 bits per heavy atom. The lowest BCUT2D eigenvalue weighted by atomic mass is 9.95. The fraction of sp³-hybridized carbons (Fsp3) is 0.233. The number of benzene rings is 3. The number of nitrogens with zero attached hydrogens (tertiary/aromatic N) is 2. The van der Waals surface area contributed by atoms with Gasteiger partial charge in [-0.15, -0.1) is 0 Å². The molecule has 1 saturated heterocycles. The second kappa shape index (κ2) is 11.6. The predicted octanol–water partition coefficient (Wildman–Crippen LogP) is 6.77. The first-order valence-corrected chi connectivity index (χ1v) is 14.0. The third-order valence-corrected chi connectivity index (χ3v) is 7.65. The van der Waals surface area contributed by atoms with Crippen molar-refractivity contribution in [2.45, 2.75) is 26.3 Å². The Balaban J connectivity index is 1.70. The molecule has 4 aromatic rings. The van der Waals surface area contributed by atoms with Crippen molar-refractivity contribution in [3.63, 3.8) is 0 Å². The lowest BCUT2D eigenvalue weighted by molar-refractivity contribution is -0.132. The number of hydrogen-bond acceptors (Lipinski definition) is 8. The number of rotatable bonds is 9. The molecule has 5 rings (SSSR count). The summed E-state index contributed by atoms with van der Waals surface area (Å²) in [5.74, 6) is -0.309. The molecule has 1 aliphatic rings. The molecule has 1 fully saturated rings. The molecular formula is C30H27ClN2O6S. The van der Waals surface area contributed by atoms with Crippen LogP contribution in [-0.2, 0) is 9.59 Å². The molecule has 0 radical (unpaired) electrons. The van der Waals surface area contributed by atoms with Gasteiger partial charge in [-0.2, -0.15) is 0 Å². The van der Waals surface area contributed by atoms with Gasteiger partial charge >= 0.3 is 5.91 Å². The summed E-state index contributed by atoms with van der Waals surface area (Å²) < 4.78 is 17.7. The van der Waals surface area contributed by atoms with E-state index >= 15 is 0 Å². The van der Waals surface area contributed by atoms with E-state index < -0.39 is 17.7 Å². The number of ether oxygens (including phenoxy) is 3. The van der Waals surface area contributed by atoms with E-state index in [-0.39, 0.29) is 11.3 Å². The Morgan fingerprint density at radius 1 is 1.02 bits per heavy atom. The van der Waals surface area contributed by atoms with Gasteiger partial charge in [0.15, 0.2) is 16.6 Å². The lowest BCUT2D eigenvalue weighted by Crippen LogP contribution is -2.29. The normalized spacial score (nSPS) is 16.5. The number of aliphatic hydroxyl groups is 1. The van der Waals surface area contributed by atoms with Gasteiger partial charge in [-0.1, -0.05) is 35.9 Å². The van der Waals surface area contributed by atoms with Crippen molar-refractivity contribution in [3.05, 3.63) is 82.4 Å². The number of Topliss-reactive ketones (excluding diaryl/α,β-unsaturated/α-hetero) is 1. The van der Waals surface area contributed by atoms with Crippen LogP contribution < -0.4 is 19.1 Å². The monoisotopic (exact) mass is 578 g/mol. The lowest BCUT2D eigenvalue weighted by Gasteiger charge is -2.24. The molecule has 3 aromatic carbocycles. The van der Waals surface area contributed by atoms with Crippen molar-refractivity contribution in [2.75, 3.05) is 25.2 Å². The fourth-order valence-corrected chi connectivity index (χ4v) is 5.80. The van der Waals surface area contributed by atoms with Crippen LogP contribution in [0.1, 0.15) is 37.4 Å². The number of aliphatic hydroxyl groups excluding tert-OH is 1. The molecule has 1 N–H and O–H groups in total. The molecular weight excluding hydrogens is 552 g/mol. The van der Waals surface area contributed by atoms with Crippen LogP contribution in [0.4, 0.5) is 5.13 Å². The van der Waals surface area contributed by atoms with Crippen molar-refractivity contribution in [1.82, 2.24) is 4.98 Å². The summed E-state index contributed by atoms with van der Waals surface area (Å²) in [5.41, 5.74) is 1.50. The number of amides is 1. The maximum absolute atomic E-state index is 13.6. The molecule has 0 spiro atoms. The second-order valence-electron chi connectivity index (χ2n) is 8.99. The van der Waals surface area contributed by atoms with E-state index in [4.69, 9.17) is 25.8 Å². The number of hydrogen-bond donors (Lipinski definition) is 1. The summed E-state index contributed by atoms with van der Waals surface area (Å²) in [6.07, 6.45) is 0.816. The molecule has 0 aliphatic carbocycles. The zero-order chi connectivity index (χ0) is 28.4. The predicted molar refractivity (Wildman–Crippen MR) is 156 cm³/mol. The smallest absolute Gasteiger partial charge is 0.301 e. The summed E-state index contributed by atoms with van der Waals surface area (Å²) in [4.78, 5) is 33.1. The van der Waals surface area contributed by atoms with Crippen molar-refractivity contribution in [2.24, 2.45) is 0 Å². The zero-order valence-electron chi connectivity index (χ0n) is 22.1. The van der Waals surface area contributed by atoms with E-state index in [0.717, 1.165) is 11.1 Å². The molecule has 1 aliphatic heterocycles. The number of methoxy groups -OCH3 is 1. The second-order valence-corrected chi connectivity index (χ2v) is 10.4. The molecule has 40 heavy (non-hydrogen) atoms. The van der Waals surface area contributed by atoms with E-state index in [9.17, 15) is 14.7 Å². The van der Waals surface area contributed by atoms with Gasteiger partial charge in [-0.05, 0) is 73.5 Å². The van der Waals surface area contributed by atoms with Gasteiger partial charge in [0.25, 0.3) is 5.78 Å². The topological polar surface area (TPSA) is 98.2 Å². The summed E-state index contributed by atoms with van der Waals surface area (Å²) in [6.45, 7) is 4.76. The highest BCUT2D eigenvalue weighted by Gasteiger charge is 2.48. The number of anilines is 1. The molecule has 1 unspecified atom stereocenters. The molecule has 2 heterocycles. The number of halogens is 1. The zero-order valence-corrected chi connectivity index (χ0v) is 23.7. The van der Waals surface area contributed by atoms with Gasteiger partial charge < -0.3 is 19.3 Å². The quantitative estimate of drug-likeness (QED) is 0.133. The Bertz CT molecular complexity index is 1610. The summed E-state index contributed by atoms with van der Waals surface area (Å²) in [7, 11) is 1.54. The van der Waals surface area contributed by atoms with Crippen LogP contribution in [-0.4, -0.2) is 42.1 Å². The summed E-state index contributed by atoms with van der Waals surface area (Å²) in [6, 6.07) is 16.1. The summed E-state index contributed by atoms with van der Waals surface area (Å²) >= 11 is 7.42. The van der Waals surface area contributed by atoms with Crippen LogP contribution in [0.3, 0.4) is 0 Å². The Hall–Kier alpha value is -4.08. The highest BCUT2D eigenvalue weighted by molar-refractivity contribution is 7.22. The average molecular weight is 579 g/mol.